The van der Waals surface area contributed by atoms with Gasteiger partial charge < -0.3 is 5.32 Å². The largest absolute Gasteiger partial charge is 0.343 e. The minimum absolute atomic E-state index is 0.172. The van der Waals surface area contributed by atoms with Crippen LogP contribution in [0, 0.1) is 0 Å². The molecule has 3 rings (SSSR count). The van der Waals surface area contributed by atoms with Gasteiger partial charge in [-0.2, -0.15) is 5.10 Å². The van der Waals surface area contributed by atoms with Crippen LogP contribution in [0.15, 0.2) is 84.0 Å². The molecule has 0 radical (unpaired) electrons. The van der Waals surface area contributed by atoms with Crippen molar-refractivity contribution in [2.24, 2.45) is 5.10 Å². The maximum absolute atomic E-state index is 12.1. The fraction of sp³-hybridized carbons (Fsp3) is 0.125. The lowest BCUT2D eigenvalue weighted by Crippen LogP contribution is -2.35. The average molecular weight is 420 g/mol. The molecule has 0 saturated carbocycles. The van der Waals surface area contributed by atoms with Crippen LogP contribution in [0.1, 0.15) is 29.3 Å². The third-order valence-electron chi connectivity index (χ3n) is 4.49. The lowest BCUT2D eigenvalue weighted by molar-refractivity contribution is -0.120. The highest BCUT2D eigenvalue weighted by atomic mass is 35.5. The van der Waals surface area contributed by atoms with Crippen molar-refractivity contribution in [3.05, 3.63) is 95.0 Å². The highest BCUT2D eigenvalue weighted by Gasteiger charge is 2.08. The Morgan fingerprint density at radius 2 is 1.43 bits per heavy atom. The van der Waals surface area contributed by atoms with E-state index in [1.54, 1.807) is 24.3 Å². The molecule has 0 bridgehead atoms. The maximum atomic E-state index is 12.1. The van der Waals surface area contributed by atoms with Gasteiger partial charge in [0.05, 0.1) is 12.3 Å². The first-order valence-corrected chi connectivity index (χ1v) is 9.99. The molecule has 0 fully saturated rings. The summed E-state index contributed by atoms with van der Waals surface area (Å²) in [5, 5.41) is 7.33. The van der Waals surface area contributed by atoms with E-state index >= 15 is 0 Å². The number of hydrogen-bond donors (Lipinski definition) is 2. The van der Waals surface area contributed by atoms with Crippen molar-refractivity contribution >= 4 is 29.1 Å². The van der Waals surface area contributed by atoms with E-state index in [-0.39, 0.29) is 12.5 Å². The minimum atomic E-state index is -0.399. The fourth-order valence-corrected chi connectivity index (χ4v) is 2.99. The first-order chi connectivity index (χ1) is 14.6. The summed E-state index contributed by atoms with van der Waals surface area (Å²) >= 11 is 5.81. The van der Waals surface area contributed by atoms with Crippen molar-refractivity contribution in [2.75, 3.05) is 6.54 Å². The molecule has 0 aromatic heterocycles. The third-order valence-corrected chi connectivity index (χ3v) is 4.74. The van der Waals surface area contributed by atoms with E-state index in [2.05, 4.69) is 28.0 Å². The maximum Gasteiger partial charge on any atom is 0.259 e. The van der Waals surface area contributed by atoms with E-state index in [1.165, 1.54) is 0 Å². The van der Waals surface area contributed by atoms with Crippen molar-refractivity contribution in [1.29, 1.82) is 0 Å². The standard InChI is InChI=1S/C24H22ClN3O2/c1-2-22(19-10-8-18(9-11-19)17-6-4-3-5-7-17)27-28-23(29)16-26-24(30)20-12-14-21(25)15-13-20/h3-15H,2,16H2,1H3,(H,26,30)(H,28,29)/b27-22+. The van der Waals surface area contributed by atoms with Crippen molar-refractivity contribution in [3.8, 4) is 11.1 Å². The van der Waals surface area contributed by atoms with E-state index in [0.717, 1.165) is 22.4 Å². The Morgan fingerprint density at radius 1 is 0.833 bits per heavy atom. The van der Waals surface area contributed by atoms with Gasteiger partial charge in [-0.05, 0) is 47.4 Å². The zero-order valence-electron chi connectivity index (χ0n) is 16.6. The van der Waals surface area contributed by atoms with Crippen LogP contribution in [-0.2, 0) is 4.79 Å². The second kappa shape index (κ2) is 10.4. The lowest BCUT2D eigenvalue weighted by atomic mass is 10.0. The molecule has 5 nitrogen and oxygen atoms in total. The predicted octanol–water partition coefficient (Wildman–Crippen LogP) is 4.67. The van der Waals surface area contributed by atoms with Gasteiger partial charge in [-0.15, -0.1) is 0 Å². The molecule has 2 amide bonds. The summed E-state index contributed by atoms with van der Waals surface area (Å²) < 4.78 is 0. The Morgan fingerprint density at radius 3 is 2.07 bits per heavy atom. The van der Waals surface area contributed by atoms with Gasteiger partial charge in [-0.25, -0.2) is 5.43 Å². The molecule has 6 heteroatoms. The molecule has 0 atom stereocenters. The molecule has 0 unspecified atom stereocenters. The first kappa shape index (κ1) is 21.3. The number of halogens is 1. The van der Waals surface area contributed by atoms with Crippen LogP contribution in [0.5, 0.6) is 0 Å². The van der Waals surface area contributed by atoms with Crippen LogP contribution in [-0.4, -0.2) is 24.1 Å². The van der Waals surface area contributed by atoms with Crippen LogP contribution < -0.4 is 10.7 Å². The van der Waals surface area contributed by atoms with Crippen molar-refractivity contribution in [1.82, 2.24) is 10.7 Å². The van der Waals surface area contributed by atoms with E-state index < -0.39 is 5.91 Å². The second-order valence-corrected chi connectivity index (χ2v) is 7.02. The van der Waals surface area contributed by atoms with Gasteiger partial charge >= 0.3 is 0 Å². The number of rotatable bonds is 7. The Labute approximate surface area is 180 Å². The molecule has 3 aromatic rings. The summed E-state index contributed by atoms with van der Waals surface area (Å²) in [5.74, 6) is -0.748. The summed E-state index contributed by atoms with van der Waals surface area (Å²) in [7, 11) is 0. The number of hydrogen-bond acceptors (Lipinski definition) is 3. The highest BCUT2D eigenvalue weighted by molar-refractivity contribution is 6.30. The molecule has 0 heterocycles. The van der Waals surface area contributed by atoms with Gasteiger partial charge in [0.25, 0.3) is 11.8 Å². The smallest absolute Gasteiger partial charge is 0.259 e. The van der Waals surface area contributed by atoms with Crippen LogP contribution >= 0.6 is 11.6 Å². The van der Waals surface area contributed by atoms with E-state index in [4.69, 9.17) is 11.6 Å². The second-order valence-electron chi connectivity index (χ2n) is 6.58. The minimum Gasteiger partial charge on any atom is -0.343 e. The normalized spacial score (nSPS) is 11.1. The summed E-state index contributed by atoms with van der Waals surface area (Å²) in [5.41, 5.74) is 6.89. The van der Waals surface area contributed by atoms with E-state index in [0.29, 0.717) is 17.0 Å². The quantitative estimate of drug-likeness (QED) is 0.431. The topological polar surface area (TPSA) is 70.6 Å². The molecule has 3 aromatic carbocycles. The molecule has 0 saturated heterocycles. The van der Waals surface area contributed by atoms with Crippen molar-refractivity contribution < 1.29 is 9.59 Å². The van der Waals surface area contributed by atoms with Crippen LogP contribution in [0.3, 0.4) is 0 Å². The third kappa shape index (κ3) is 5.78. The highest BCUT2D eigenvalue weighted by Crippen LogP contribution is 2.19. The fourth-order valence-electron chi connectivity index (χ4n) is 2.87. The summed E-state index contributed by atoms with van der Waals surface area (Å²) in [6.45, 7) is 1.80. The summed E-state index contributed by atoms with van der Waals surface area (Å²) in [6.07, 6.45) is 0.655. The lowest BCUT2D eigenvalue weighted by Gasteiger charge is -2.08. The number of carbonyl (C=O) groups excluding carboxylic acids is 2. The Hall–Kier alpha value is -3.44. The average Bonchev–Trinajstić information content (AvgIpc) is 2.79. The van der Waals surface area contributed by atoms with E-state index in [1.807, 2.05) is 49.4 Å². The zero-order valence-corrected chi connectivity index (χ0v) is 17.3. The number of benzene rings is 3. The zero-order chi connectivity index (χ0) is 21.3. The summed E-state index contributed by atoms with van der Waals surface area (Å²) in [6, 6.07) is 24.6. The molecule has 152 valence electrons. The predicted molar refractivity (Wildman–Crippen MR) is 121 cm³/mol. The van der Waals surface area contributed by atoms with Gasteiger partial charge in [-0.1, -0.05) is 73.1 Å². The van der Waals surface area contributed by atoms with Crippen molar-refractivity contribution in [2.45, 2.75) is 13.3 Å². The van der Waals surface area contributed by atoms with Gasteiger partial charge in [0, 0.05) is 10.6 Å². The number of nitrogens with one attached hydrogen (secondary N) is 2. The number of amides is 2. The molecular weight excluding hydrogens is 398 g/mol. The molecule has 0 aliphatic rings. The van der Waals surface area contributed by atoms with Crippen molar-refractivity contribution in [3.63, 3.8) is 0 Å². The SMILES string of the molecule is CC/C(=N\NC(=O)CNC(=O)c1ccc(Cl)cc1)c1ccc(-c2ccccc2)cc1. The van der Waals surface area contributed by atoms with Gasteiger partial charge in [0.15, 0.2) is 0 Å². The van der Waals surface area contributed by atoms with Gasteiger partial charge in [-0.3, -0.25) is 9.59 Å². The van der Waals surface area contributed by atoms with Crippen LogP contribution in [0.25, 0.3) is 11.1 Å². The Kier molecular flexibility index (Phi) is 7.35. The van der Waals surface area contributed by atoms with Crippen LogP contribution in [0.2, 0.25) is 5.02 Å². The van der Waals surface area contributed by atoms with Crippen LogP contribution in [0.4, 0.5) is 0 Å². The number of carbonyl (C=O) groups is 2. The first-order valence-electron chi connectivity index (χ1n) is 9.62. The molecule has 30 heavy (non-hydrogen) atoms. The molecule has 2 N–H and O–H groups in total. The monoisotopic (exact) mass is 419 g/mol. The number of hydrazone groups is 1. The molecular formula is C24H22ClN3O2. The number of nitrogens with zero attached hydrogens (tertiary/aromatic N) is 1. The molecule has 0 aliphatic carbocycles. The summed E-state index contributed by atoms with van der Waals surface area (Å²) in [4.78, 5) is 24.1. The Bertz CT molecular complexity index is 1030. The van der Waals surface area contributed by atoms with E-state index in [9.17, 15) is 9.59 Å². The van der Waals surface area contributed by atoms with Gasteiger partial charge in [0.1, 0.15) is 0 Å². The molecule has 0 aliphatic heterocycles. The van der Waals surface area contributed by atoms with Gasteiger partial charge in [0.2, 0.25) is 0 Å². The molecule has 0 spiro atoms. The Balaban J connectivity index is 1.57.